The first-order valence-electron chi connectivity index (χ1n) is 8.07. The second kappa shape index (κ2) is 6.52. The maximum Gasteiger partial charge on any atom is 0.175 e. The third-order valence-electron chi connectivity index (χ3n) is 4.38. The Morgan fingerprint density at radius 2 is 1.58 bits per heavy atom. The van der Waals surface area contributed by atoms with Crippen molar-refractivity contribution in [1.82, 2.24) is 5.16 Å². The fraction of sp³-hybridized carbons (Fsp3) is 0.0952. The van der Waals surface area contributed by atoms with Crippen LogP contribution in [-0.2, 0) is 0 Å². The maximum absolute atomic E-state index is 14.1. The zero-order chi connectivity index (χ0) is 18.1. The molecule has 5 heteroatoms. The number of aromatic nitrogens is 1. The molecule has 4 aromatic rings. The number of ether oxygens (including phenoxy) is 2. The normalized spacial score (nSPS) is 10.9. The Morgan fingerprint density at radius 3 is 2.31 bits per heavy atom. The van der Waals surface area contributed by atoms with Crippen molar-refractivity contribution in [2.45, 2.75) is 0 Å². The third-order valence-corrected chi connectivity index (χ3v) is 4.38. The molecular weight excluding hydrogens is 333 g/mol. The zero-order valence-electron chi connectivity index (χ0n) is 14.3. The van der Waals surface area contributed by atoms with Gasteiger partial charge in [0.25, 0.3) is 0 Å². The molecule has 1 aromatic heterocycles. The van der Waals surface area contributed by atoms with Crippen LogP contribution in [0.15, 0.2) is 65.3 Å². The molecule has 0 saturated heterocycles. The molecule has 0 aliphatic carbocycles. The number of hydrogen-bond donors (Lipinski definition) is 0. The van der Waals surface area contributed by atoms with Crippen molar-refractivity contribution in [3.63, 3.8) is 0 Å². The highest BCUT2D eigenvalue weighted by Gasteiger charge is 2.18. The lowest BCUT2D eigenvalue weighted by atomic mass is 9.97. The van der Waals surface area contributed by atoms with Gasteiger partial charge in [0.15, 0.2) is 17.3 Å². The van der Waals surface area contributed by atoms with E-state index in [0.717, 1.165) is 22.1 Å². The molecule has 0 radical (unpaired) electrons. The van der Waals surface area contributed by atoms with Crippen molar-refractivity contribution in [2.24, 2.45) is 0 Å². The summed E-state index contributed by atoms with van der Waals surface area (Å²) in [4.78, 5) is 0. The molecule has 130 valence electrons. The van der Waals surface area contributed by atoms with Crippen LogP contribution in [0.2, 0.25) is 0 Å². The van der Waals surface area contributed by atoms with E-state index >= 15 is 0 Å². The van der Waals surface area contributed by atoms with Crippen LogP contribution in [0.1, 0.15) is 0 Å². The van der Waals surface area contributed by atoms with Crippen molar-refractivity contribution < 1.29 is 18.4 Å². The molecule has 0 aliphatic heterocycles. The molecule has 0 fully saturated rings. The second-order valence-corrected chi connectivity index (χ2v) is 5.78. The molecule has 0 unspecified atom stereocenters. The van der Waals surface area contributed by atoms with Crippen molar-refractivity contribution >= 4 is 10.8 Å². The van der Waals surface area contributed by atoms with Crippen molar-refractivity contribution in [2.75, 3.05) is 14.2 Å². The van der Waals surface area contributed by atoms with E-state index in [4.69, 9.17) is 14.0 Å². The van der Waals surface area contributed by atoms with E-state index in [1.54, 1.807) is 25.4 Å². The van der Waals surface area contributed by atoms with Crippen LogP contribution in [0.3, 0.4) is 0 Å². The highest BCUT2D eigenvalue weighted by atomic mass is 19.1. The molecule has 26 heavy (non-hydrogen) atoms. The van der Waals surface area contributed by atoms with Gasteiger partial charge in [-0.05, 0) is 35.2 Å². The summed E-state index contributed by atoms with van der Waals surface area (Å²) in [6, 6.07) is 16.5. The molecule has 0 amide bonds. The summed E-state index contributed by atoms with van der Waals surface area (Å²) in [5.74, 6) is 1.12. The predicted octanol–water partition coefficient (Wildman–Crippen LogP) is 5.32. The van der Waals surface area contributed by atoms with E-state index < -0.39 is 5.82 Å². The van der Waals surface area contributed by atoms with Gasteiger partial charge in [0.1, 0.15) is 5.75 Å². The number of methoxy groups -OCH3 is 2. The summed E-state index contributed by atoms with van der Waals surface area (Å²) < 4.78 is 30.1. The van der Waals surface area contributed by atoms with Crippen LogP contribution in [-0.4, -0.2) is 19.4 Å². The number of rotatable bonds is 4. The Bertz CT molecular complexity index is 1090. The summed E-state index contributed by atoms with van der Waals surface area (Å²) in [7, 11) is 3.08. The van der Waals surface area contributed by atoms with Crippen LogP contribution < -0.4 is 9.47 Å². The van der Waals surface area contributed by atoms with E-state index in [2.05, 4.69) is 5.16 Å². The molecule has 0 aliphatic rings. The van der Waals surface area contributed by atoms with Gasteiger partial charge in [0, 0.05) is 16.5 Å². The lowest BCUT2D eigenvalue weighted by molar-refractivity contribution is 0.386. The van der Waals surface area contributed by atoms with E-state index in [1.807, 2.05) is 36.4 Å². The number of halogens is 1. The molecule has 0 atom stereocenters. The Labute approximate surface area is 149 Å². The molecule has 0 N–H and O–H groups in total. The van der Waals surface area contributed by atoms with Gasteiger partial charge in [-0.3, -0.25) is 0 Å². The minimum absolute atomic E-state index is 0.196. The Hall–Kier alpha value is -3.34. The smallest absolute Gasteiger partial charge is 0.175 e. The van der Waals surface area contributed by atoms with Gasteiger partial charge in [-0.15, -0.1) is 0 Å². The molecule has 0 spiro atoms. The van der Waals surface area contributed by atoms with Gasteiger partial charge >= 0.3 is 0 Å². The largest absolute Gasteiger partial charge is 0.496 e. The summed E-state index contributed by atoms with van der Waals surface area (Å²) in [5.41, 5.74) is 2.24. The summed E-state index contributed by atoms with van der Waals surface area (Å²) in [6.45, 7) is 0. The molecule has 4 nitrogen and oxygen atoms in total. The van der Waals surface area contributed by atoms with E-state index in [1.165, 1.54) is 13.2 Å². The molecule has 0 bridgehead atoms. The van der Waals surface area contributed by atoms with Crippen LogP contribution in [0.25, 0.3) is 33.2 Å². The molecule has 0 saturated carbocycles. The molecular formula is C21H16FNO3. The topological polar surface area (TPSA) is 44.5 Å². The summed E-state index contributed by atoms with van der Waals surface area (Å²) >= 11 is 0. The van der Waals surface area contributed by atoms with Crippen molar-refractivity contribution in [3.05, 3.63) is 66.6 Å². The lowest BCUT2D eigenvalue weighted by Crippen LogP contribution is -1.90. The lowest BCUT2D eigenvalue weighted by Gasteiger charge is -2.10. The Balaban J connectivity index is 1.91. The first-order chi connectivity index (χ1) is 12.7. The predicted molar refractivity (Wildman–Crippen MR) is 97.9 cm³/mol. The van der Waals surface area contributed by atoms with Gasteiger partial charge in [-0.1, -0.05) is 35.5 Å². The Kier molecular flexibility index (Phi) is 4.05. The van der Waals surface area contributed by atoms with Gasteiger partial charge < -0.3 is 14.0 Å². The standard InChI is InChI=1S/C21H16FNO3/c1-24-19-10-8-16(14-5-3-4-6-15(14)19)21-17(12-23-26-21)13-7-9-20(25-2)18(22)11-13/h3-12H,1-2H3. The van der Waals surface area contributed by atoms with Crippen molar-refractivity contribution in [1.29, 1.82) is 0 Å². The van der Waals surface area contributed by atoms with E-state index in [-0.39, 0.29) is 5.75 Å². The van der Waals surface area contributed by atoms with E-state index in [9.17, 15) is 4.39 Å². The number of nitrogens with zero attached hydrogens (tertiary/aromatic N) is 1. The SMILES string of the molecule is COc1ccc(-c2cnoc2-c2ccc(OC)c3ccccc23)cc1F. The van der Waals surface area contributed by atoms with E-state index in [0.29, 0.717) is 16.9 Å². The first-order valence-corrected chi connectivity index (χ1v) is 8.07. The fourth-order valence-corrected chi connectivity index (χ4v) is 3.12. The fourth-order valence-electron chi connectivity index (χ4n) is 3.12. The number of hydrogen-bond acceptors (Lipinski definition) is 4. The van der Waals surface area contributed by atoms with Crippen molar-refractivity contribution in [3.8, 4) is 33.9 Å². The van der Waals surface area contributed by atoms with Crippen LogP contribution in [0.5, 0.6) is 11.5 Å². The maximum atomic E-state index is 14.1. The average Bonchev–Trinajstić information content (AvgIpc) is 3.16. The minimum Gasteiger partial charge on any atom is -0.496 e. The molecule has 4 rings (SSSR count). The monoisotopic (exact) mass is 349 g/mol. The van der Waals surface area contributed by atoms with Crippen LogP contribution in [0, 0.1) is 5.82 Å². The minimum atomic E-state index is -0.434. The Morgan fingerprint density at radius 1 is 0.846 bits per heavy atom. The van der Waals surface area contributed by atoms with Gasteiger partial charge in [0.2, 0.25) is 0 Å². The number of fused-ring (bicyclic) bond motifs is 1. The highest BCUT2D eigenvalue weighted by Crippen LogP contribution is 2.39. The van der Waals surface area contributed by atoms with Gasteiger partial charge in [0.05, 0.1) is 20.4 Å². The molecule has 1 heterocycles. The van der Waals surface area contributed by atoms with Gasteiger partial charge in [-0.25, -0.2) is 4.39 Å². The average molecular weight is 349 g/mol. The highest BCUT2D eigenvalue weighted by molar-refractivity contribution is 6.01. The summed E-state index contributed by atoms with van der Waals surface area (Å²) in [6.07, 6.45) is 1.59. The number of benzene rings is 3. The second-order valence-electron chi connectivity index (χ2n) is 5.78. The third kappa shape index (κ3) is 2.58. The van der Waals surface area contributed by atoms with Crippen LogP contribution in [0.4, 0.5) is 4.39 Å². The first kappa shape index (κ1) is 16.1. The summed E-state index contributed by atoms with van der Waals surface area (Å²) in [5, 5.41) is 5.88. The molecule has 3 aromatic carbocycles. The zero-order valence-corrected chi connectivity index (χ0v) is 14.3. The van der Waals surface area contributed by atoms with Crippen LogP contribution >= 0.6 is 0 Å². The van der Waals surface area contributed by atoms with Gasteiger partial charge in [-0.2, -0.15) is 0 Å². The quantitative estimate of drug-likeness (QED) is 0.500.